The van der Waals surface area contributed by atoms with Gasteiger partial charge in [0.2, 0.25) is 0 Å². The Kier molecular flexibility index (Phi) is 6.17. The fourth-order valence-corrected chi connectivity index (χ4v) is 4.51. The van der Waals surface area contributed by atoms with E-state index < -0.39 is 0 Å². The number of fused-ring (bicyclic) bond motifs is 1. The fourth-order valence-electron chi connectivity index (χ4n) is 4.51. The maximum atomic E-state index is 6.23. The topological polar surface area (TPSA) is 54.2 Å². The van der Waals surface area contributed by atoms with Crippen LogP contribution < -0.4 is 14.5 Å². The minimum Gasteiger partial charge on any atom is -0.492 e. The van der Waals surface area contributed by atoms with E-state index in [1.54, 1.807) is 0 Å². The lowest BCUT2D eigenvalue weighted by Gasteiger charge is -2.26. The van der Waals surface area contributed by atoms with E-state index in [1.165, 1.54) is 11.1 Å². The summed E-state index contributed by atoms with van der Waals surface area (Å²) in [5.41, 5.74) is 1.19. The summed E-state index contributed by atoms with van der Waals surface area (Å²) in [7, 11) is 0. The van der Waals surface area contributed by atoms with Gasteiger partial charge in [0.1, 0.15) is 18.1 Å². The Hall–Kier alpha value is -2.77. The second kappa shape index (κ2) is 9.23. The third kappa shape index (κ3) is 4.80. The zero-order valence-corrected chi connectivity index (χ0v) is 19.9. The summed E-state index contributed by atoms with van der Waals surface area (Å²) in [5, 5.41) is 6.71. The summed E-state index contributed by atoms with van der Waals surface area (Å²) in [5.74, 6) is 2.78. The van der Waals surface area contributed by atoms with E-state index in [4.69, 9.17) is 14.0 Å². The van der Waals surface area contributed by atoms with Crippen LogP contribution in [0.5, 0.6) is 5.75 Å². The van der Waals surface area contributed by atoms with E-state index in [-0.39, 0.29) is 5.41 Å². The van der Waals surface area contributed by atoms with E-state index in [0.29, 0.717) is 6.61 Å². The van der Waals surface area contributed by atoms with Crippen LogP contribution in [0.25, 0.3) is 10.8 Å². The van der Waals surface area contributed by atoms with Gasteiger partial charge in [0.05, 0.1) is 19.9 Å². The number of ether oxygens (including phenoxy) is 2. The minimum atomic E-state index is -0.0432. The van der Waals surface area contributed by atoms with Crippen molar-refractivity contribution in [3.05, 3.63) is 48.2 Å². The molecule has 3 aromatic rings. The van der Waals surface area contributed by atoms with E-state index in [9.17, 15) is 0 Å². The van der Waals surface area contributed by atoms with E-state index in [0.717, 1.165) is 75.3 Å². The number of rotatable bonds is 6. The molecule has 0 spiro atoms. The van der Waals surface area contributed by atoms with Crippen LogP contribution in [0.15, 0.2) is 47.0 Å². The van der Waals surface area contributed by atoms with Crippen LogP contribution >= 0.6 is 0 Å². The highest BCUT2D eigenvalue weighted by Crippen LogP contribution is 2.35. The molecule has 2 aliphatic heterocycles. The quantitative estimate of drug-likeness (QED) is 0.560. The molecule has 33 heavy (non-hydrogen) atoms. The Morgan fingerprint density at radius 3 is 2.45 bits per heavy atom. The second-order valence-corrected chi connectivity index (χ2v) is 9.90. The molecule has 0 atom stereocenters. The lowest BCUT2D eigenvalue weighted by molar-refractivity contribution is 0.0323. The van der Waals surface area contributed by atoms with Gasteiger partial charge in [-0.25, -0.2) is 0 Å². The number of benzene rings is 2. The molecule has 2 aromatic carbocycles. The first kappa shape index (κ1) is 22.0. The molecule has 0 N–H and O–H groups in total. The second-order valence-electron chi connectivity index (χ2n) is 9.90. The summed E-state index contributed by atoms with van der Waals surface area (Å²) in [6, 6.07) is 14.9. The Morgan fingerprint density at radius 1 is 0.939 bits per heavy atom. The zero-order valence-electron chi connectivity index (χ0n) is 19.9. The van der Waals surface area contributed by atoms with Gasteiger partial charge in [0.25, 0.3) is 0 Å². The highest BCUT2D eigenvalue weighted by molar-refractivity contribution is 5.98. The van der Waals surface area contributed by atoms with Crippen molar-refractivity contribution in [3.63, 3.8) is 0 Å². The summed E-state index contributed by atoms with van der Waals surface area (Å²) >= 11 is 0. The Morgan fingerprint density at radius 2 is 1.70 bits per heavy atom. The van der Waals surface area contributed by atoms with Crippen molar-refractivity contribution < 1.29 is 14.0 Å². The third-order valence-corrected chi connectivity index (χ3v) is 6.51. The molecule has 2 aliphatic rings. The Labute approximate surface area is 195 Å². The van der Waals surface area contributed by atoms with Gasteiger partial charge in [-0.2, -0.15) is 0 Å². The molecule has 7 heteroatoms. The monoisotopic (exact) mass is 450 g/mol. The first-order chi connectivity index (χ1) is 16.0. The van der Waals surface area contributed by atoms with Gasteiger partial charge in [-0.05, 0) is 12.1 Å². The molecular formula is C26H34N4O3. The maximum Gasteiger partial charge on any atom is 0.173 e. The van der Waals surface area contributed by atoms with Gasteiger partial charge in [0, 0.05) is 60.7 Å². The van der Waals surface area contributed by atoms with Gasteiger partial charge >= 0.3 is 0 Å². The zero-order chi connectivity index (χ0) is 22.8. The van der Waals surface area contributed by atoms with Crippen molar-refractivity contribution in [3.8, 4) is 5.75 Å². The van der Waals surface area contributed by atoms with E-state index in [1.807, 2.05) is 0 Å². The van der Waals surface area contributed by atoms with Gasteiger partial charge in [-0.3, -0.25) is 4.90 Å². The van der Waals surface area contributed by atoms with Gasteiger partial charge < -0.3 is 23.8 Å². The molecule has 0 unspecified atom stereocenters. The number of morpholine rings is 1. The van der Waals surface area contributed by atoms with Crippen molar-refractivity contribution in [2.24, 2.45) is 0 Å². The van der Waals surface area contributed by atoms with Gasteiger partial charge in [-0.1, -0.05) is 50.2 Å². The van der Waals surface area contributed by atoms with Gasteiger partial charge in [0.15, 0.2) is 5.82 Å². The number of hydrogen-bond donors (Lipinski definition) is 0. The smallest absolute Gasteiger partial charge is 0.173 e. The molecule has 0 amide bonds. The lowest BCUT2D eigenvalue weighted by atomic mass is 9.93. The average molecular weight is 451 g/mol. The lowest BCUT2D eigenvalue weighted by Crippen LogP contribution is -2.38. The van der Waals surface area contributed by atoms with Crippen LogP contribution in [-0.4, -0.2) is 69.3 Å². The molecule has 1 aromatic heterocycles. The highest BCUT2D eigenvalue weighted by Gasteiger charge is 2.27. The summed E-state index contributed by atoms with van der Waals surface area (Å²) < 4.78 is 17.3. The Bertz CT molecular complexity index is 1080. The third-order valence-electron chi connectivity index (χ3n) is 6.51. The van der Waals surface area contributed by atoms with Crippen molar-refractivity contribution in [1.29, 1.82) is 0 Å². The predicted molar refractivity (Wildman–Crippen MR) is 131 cm³/mol. The van der Waals surface area contributed by atoms with Crippen molar-refractivity contribution in [2.75, 3.05) is 69.0 Å². The van der Waals surface area contributed by atoms with E-state index >= 15 is 0 Å². The molecular weight excluding hydrogens is 416 g/mol. The van der Waals surface area contributed by atoms with E-state index in [2.05, 4.69) is 83.1 Å². The minimum absolute atomic E-state index is 0.0432. The first-order valence-corrected chi connectivity index (χ1v) is 11.9. The van der Waals surface area contributed by atoms with Crippen LogP contribution in [0.1, 0.15) is 26.5 Å². The summed E-state index contributed by atoms with van der Waals surface area (Å²) in [4.78, 5) is 7.08. The van der Waals surface area contributed by atoms with Crippen LogP contribution in [0.3, 0.4) is 0 Å². The molecule has 7 nitrogen and oxygen atoms in total. The van der Waals surface area contributed by atoms with Crippen LogP contribution in [0.4, 0.5) is 11.5 Å². The Balaban J connectivity index is 1.30. The van der Waals surface area contributed by atoms with Crippen molar-refractivity contribution in [2.45, 2.75) is 26.2 Å². The molecule has 5 rings (SSSR count). The van der Waals surface area contributed by atoms with Crippen molar-refractivity contribution in [1.82, 2.24) is 10.1 Å². The normalized spacial score (nSPS) is 17.8. The maximum absolute atomic E-state index is 6.23. The predicted octanol–water partition coefficient (Wildman–Crippen LogP) is 4.12. The SMILES string of the molecule is CC(C)(C)c1cc(N2CCN(c3ccc(OCCN4CCOCC4)c4ccccc34)C2)no1. The standard InChI is InChI=1S/C26H34N4O3/c1-26(2,3)24-18-25(27-33-24)30-11-10-29(19-30)22-8-9-23(21-7-5-4-6-20(21)22)32-17-14-28-12-15-31-16-13-28/h4-9,18H,10-17,19H2,1-3H3. The molecule has 2 fully saturated rings. The molecule has 0 radical (unpaired) electrons. The fraction of sp³-hybridized carbons (Fsp3) is 0.500. The molecule has 0 bridgehead atoms. The first-order valence-electron chi connectivity index (χ1n) is 11.9. The van der Waals surface area contributed by atoms with Crippen LogP contribution in [0.2, 0.25) is 0 Å². The largest absolute Gasteiger partial charge is 0.492 e. The highest BCUT2D eigenvalue weighted by atomic mass is 16.5. The molecule has 2 saturated heterocycles. The number of aromatic nitrogens is 1. The molecule has 176 valence electrons. The molecule has 0 aliphatic carbocycles. The summed E-state index contributed by atoms with van der Waals surface area (Å²) in [6.45, 7) is 14.3. The van der Waals surface area contributed by atoms with Crippen LogP contribution in [-0.2, 0) is 10.2 Å². The number of anilines is 2. The molecule has 0 saturated carbocycles. The number of nitrogens with zero attached hydrogens (tertiary/aromatic N) is 4. The van der Waals surface area contributed by atoms with Crippen LogP contribution in [0, 0.1) is 0 Å². The van der Waals surface area contributed by atoms with Gasteiger partial charge in [-0.15, -0.1) is 0 Å². The van der Waals surface area contributed by atoms with Crippen molar-refractivity contribution >= 4 is 22.3 Å². The number of hydrogen-bond acceptors (Lipinski definition) is 7. The molecule has 3 heterocycles. The average Bonchev–Trinajstić information content (AvgIpc) is 3.50. The summed E-state index contributed by atoms with van der Waals surface area (Å²) in [6.07, 6.45) is 0.